The molecule has 8 nitrogen and oxygen atoms in total. The van der Waals surface area contributed by atoms with E-state index in [0.717, 1.165) is 47.2 Å². The summed E-state index contributed by atoms with van der Waals surface area (Å²) in [7, 11) is 1.32. The van der Waals surface area contributed by atoms with Crippen LogP contribution in [0, 0.1) is 25.2 Å². The number of hydrogen-bond acceptors (Lipinski definition) is 7. The first-order valence-corrected chi connectivity index (χ1v) is 10.2. The van der Waals surface area contributed by atoms with Gasteiger partial charge in [0, 0.05) is 4.88 Å². The van der Waals surface area contributed by atoms with E-state index in [2.05, 4.69) is 10.4 Å². The summed E-state index contributed by atoms with van der Waals surface area (Å²) in [6.45, 7) is 2.97. The van der Waals surface area contributed by atoms with Crippen LogP contribution >= 0.6 is 11.3 Å². The number of aryl methyl sites for hydroxylation is 2. The van der Waals surface area contributed by atoms with E-state index in [1.807, 2.05) is 6.07 Å². The molecule has 152 valence electrons. The second-order valence-electron chi connectivity index (χ2n) is 6.97. The predicted molar refractivity (Wildman–Crippen MR) is 108 cm³/mol. The van der Waals surface area contributed by atoms with Crippen molar-refractivity contribution in [2.24, 2.45) is 0 Å². The lowest BCUT2D eigenvalue weighted by Gasteiger charge is -2.10. The van der Waals surface area contributed by atoms with Gasteiger partial charge in [-0.3, -0.25) is 9.59 Å². The number of nitriles is 1. The van der Waals surface area contributed by atoms with Crippen LogP contribution in [0.5, 0.6) is 0 Å². The molecule has 0 saturated heterocycles. The Morgan fingerprint density at radius 3 is 2.69 bits per heavy atom. The van der Waals surface area contributed by atoms with Gasteiger partial charge in [-0.05, 0) is 50.7 Å². The molecule has 1 aliphatic carbocycles. The van der Waals surface area contributed by atoms with Crippen molar-refractivity contribution in [3.05, 3.63) is 43.2 Å². The van der Waals surface area contributed by atoms with Crippen LogP contribution in [-0.2, 0) is 28.9 Å². The van der Waals surface area contributed by atoms with Crippen LogP contribution in [-0.4, -0.2) is 28.8 Å². The number of fused-ring (bicyclic) bond motifs is 1. The molecule has 3 rings (SSSR count). The van der Waals surface area contributed by atoms with Crippen molar-refractivity contribution in [3.8, 4) is 6.07 Å². The van der Waals surface area contributed by atoms with Gasteiger partial charge in [0.2, 0.25) is 5.91 Å². The molecule has 9 heteroatoms. The Hall–Kier alpha value is -2.99. The van der Waals surface area contributed by atoms with Gasteiger partial charge < -0.3 is 10.1 Å². The number of carbonyl (C=O) groups is 2. The Labute approximate surface area is 172 Å². The first kappa shape index (κ1) is 20.7. The molecule has 0 unspecified atom stereocenters. The van der Waals surface area contributed by atoms with Crippen LogP contribution in [0.4, 0.5) is 5.00 Å². The van der Waals surface area contributed by atoms with Crippen molar-refractivity contribution in [1.82, 2.24) is 9.78 Å². The maximum atomic E-state index is 12.6. The number of anilines is 1. The summed E-state index contributed by atoms with van der Waals surface area (Å²) < 4.78 is 5.91. The number of thiophene rings is 1. The van der Waals surface area contributed by atoms with Crippen molar-refractivity contribution in [2.75, 3.05) is 12.4 Å². The highest BCUT2D eigenvalue weighted by Crippen LogP contribution is 2.37. The number of esters is 1. The highest BCUT2D eigenvalue weighted by atomic mass is 32.1. The fourth-order valence-corrected chi connectivity index (χ4v) is 4.76. The summed E-state index contributed by atoms with van der Waals surface area (Å²) in [6.07, 6.45) is 4.77. The van der Waals surface area contributed by atoms with Gasteiger partial charge in [-0.2, -0.15) is 10.4 Å². The topological polar surface area (TPSA) is 114 Å². The van der Waals surface area contributed by atoms with E-state index in [0.29, 0.717) is 21.8 Å². The quantitative estimate of drug-likeness (QED) is 0.607. The third-order valence-electron chi connectivity index (χ3n) is 5.11. The van der Waals surface area contributed by atoms with Gasteiger partial charge in [-0.25, -0.2) is 9.48 Å². The number of nitrogens with zero attached hydrogens (tertiary/aromatic N) is 3. The van der Waals surface area contributed by atoms with Crippen LogP contribution in [0.25, 0.3) is 0 Å². The third-order valence-corrected chi connectivity index (χ3v) is 6.31. The zero-order valence-corrected chi connectivity index (χ0v) is 17.4. The molecule has 1 N–H and O–H groups in total. The van der Waals surface area contributed by atoms with Crippen molar-refractivity contribution < 1.29 is 14.3 Å². The molecule has 0 spiro atoms. The van der Waals surface area contributed by atoms with Crippen LogP contribution in [0.3, 0.4) is 0 Å². The second kappa shape index (κ2) is 8.57. The summed E-state index contributed by atoms with van der Waals surface area (Å²) >= 11 is 1.38. The fraction of sp³-hybridized carbons (Fsp3) is 0.450. The second-order valence-corrected chi connectivity index (χ2v) is 8.07. The Bertz CT molecular complexity index is 1080. The number of hydrogen-bond donors (Lipinski definition) is 1. The van der Waals surface area contributed by atoms with E-state index in [1.54, 1.807) is 13.8 Å². The molecule has 29 heavy (non-hydrogen) atoms. The number of ether oxygens (including phenoxy) is 1. The smallest absolute Gasteiger partial charge is 0.341 e. The number of amides is 1. The van der Waals surface area contributed by atoms with Gasteiger partial charge in [0.1, 0.15) is 23.2 Å². The average Bonchev–Trinajstić information content (AvgIpc) is 2.86. The maximum Gasteiger partial charge on any atom is 0.341 e. The maximum absolute atomic E-state index is 12.6. The van der Waals surface area contributed by atoms with Crippen LogP contribution in [0.2, 0.25) is 0 Å². The van der Waals surface area contributed by atoms with Crippen LogP contribution < -0.4 is 10.9 Å². The van der Waals surface area contributed by atoms with E-state index in [4.69, 9.17) is 4.74 Å². The molecule has 0 bridgehead atoms. The molecular weight excluding hydrogens is 392 g/mol. The third kappa shape index (κ3) is 4.07. The van der Waals surface area contributed by atoms with Gasteiger partial charge >= 0.3 is 5.97 Å². The van der Waals surface area contributed by atoms with E-state index in [1.165, 1.54) is 18.4 Å². The number of carbonyl (C=O) groups excluding carboxylic acids is 2. The lowest BCUT2D eigenvalue weighted by Crippen LogP contribution is -2.32. The van der Waals surface area contributed by atoms with Crippen molar-refractivity contribution in [1.29, 1.82) is 5.26 Å². The minimum absolute atomic E-state index is 0.0246. The largest absolute Gasteiger partial charge is 0.465 e. The molecule has 0 atom stereocenters. The molecule has 2 heterocycles. The molecule has 0 fully saturated rings. The minimum Gasteiger partial charge on any atom is -0.465 e. The fourth-order valence-electron chi connectivity index (χ4n) is 3.46. The van der Waals surface area contributed by atoms with E-state index < -0.39 is 17.4 Å². The molecular formula is C20H22N4O4S. The van der Waals surface area contributed by atoms with Gasteiger partial charge in [-0.15, -0.1) is 11.3 Å². The Morgan fingerprint density at radius 2 is 2.00 bits per heavy atom. The molecule has 2 aromatic heterocycles. The van der Waals surface area contributed by atoms with Crippen molar-refractivity contribution >= 4 is 28.2 Å². The van der Waals surface area contributed by atoms with Crippen molar-refractivity contribution in [2.45, 2.75) is 52.5 Å². The highest BCUT2D eigenvalue weighted by Gasteiger charge is 2.26. The Balaban J connectivity index is 1.91. The molecule has 0 radical (unpaired) electrons. The summed E-state index contributed by atoms with van der Waals surface area (Å²) in [5.41, 5.74) is 1.73. The van der Waals surface area contributed by atoms with E-state index in [-0.39, 0.29) is 12.1 Å². The number of aromatic nitrogens is 2. The Kier molecular flexibility index (Phi) is 6.13. The highest BCUT2D eigenvalue weighted by molar-refractivity contribution is 7.17. The molecule has 0 aromatic carbocycles. The number of methoxy groups -OCH3 is 1. The van der Waals surface area contributed by atoms with Gasteiger partial charge in [0.25, 0.3) is 5.56 Å². The zero-order valence-electron chi connectivity index (χ0n) is 16.6. The molecule has 1 aliphatic rings. The first-order valence-electron chi connectivity index (χ1n) is 9.38. The van der Waals surface area contributed by atoms with Gasteiger partial charge in [0.15, 0.2) is 0 Å². The predicted octanol–water partition coefficient (Wildman–Crippen LogP) is 2.49. The zero-order chi connectivity index (χ0) is 21.1. The van der Waals surface area contributed by atoms with Gasteiger partial charge in [-0.1, -0.05) is 6.42 Å². The lowest BCUT2D eigenvalue weighted by atomic mass is 10.1. The molecule has 1 amide bonds. The average molecular weight is 414 g/mol. The normalized spacial score (nSPS) is 13.2. The molecule has 0 saturated carbocycles. The molecule has 0 aliphatic heterocycles. The SMILES string of the molecule is COC(=O)c1c(NC(=O)Cn2nc(C)c(C)c(C#N)c2=O)sc2c1CCCCC2. The van der Waals surface area contributed by atoms with Gasteiger partial charge in [0.05, 0.1) is 18.4 Å². The minimum atomic E-state index is -0.610. The first-order chi connectivity index (χ1) is 13.9. The molecule has 2 aromatic rings. The van der Waals surface area contributed by atoms with Crippen molar-refractivity contribution in [3.63, 3.8) is 0 Å². The Morgan fingerprint density at radius 1 is 1.28 bits per heavy atom. The lowest BCUT2D eigenvalue weighted by molar-refractivity contribution is -0.117. The number of rotatable bonds is 4. The summed E-state index contributed by atoms with van der Waals surface area (Å²) in [5, 5.41) is 16.5. The van der Waals surface area contributed by atoms with E-state index >= 15 is 0 Å². The summed E-state index contributed by atoms with van der Waals surface area (Å²) in [6, 6.07) is 1.87. The monoisotopic (exact) mass is 414 g/mol. The summed E-state index contributed by atoms with van der Waals surface area (Å²) in [4.78, 5) is 38.5. The number of nitrogens with one attached hydrogen (secondary N) is 1. The van der Waals surface area contributed by atoms with Crippen LogP contribution in [0.1, 0.15) is 56.9 Å². The van der Waals surface area contributed by atoms with Crippen LogP contribution in [0.15, 0.2) is 4.79 Å². The summed E-state index contributed by atoms with van der Waals surface area (Å²) in [5.74, 6) is -0.971. The van der Waals surface area contributed by atoms with E-state index in [9.17, 15) is 19.6 Å². The standard InChI is InChI=1S/C20H22N4O4S/c1-11-12(2)23-24(19(26)14(11)9-21)10-16(25)22-18-17(20(27)28-3)13-7-5-4-6-8-15(13)29-18/h4-8,10H2,1-3H3,(H,22,25).